The zero-order chi connectivity index (χ0) is 19.5. The van der Waals surface area contributed by atoms with Crippen LogP contribution in [0.4, 0.5) is 10.5 Å². The second-order valence-electron chi connectivity index (χ2n) is 7.30. The quantitative estimate of drug-likeness (QED) is 0.576. The third kappa shape index (κ3) is 5.38. The van der Waals surface area contributed by atoms with Crippen molar-refractivity contribution in [1.82, 2.24) is 9.88 Å². The monoisotopic (exact) mass is 385 g/mol. The first-order chi connectivity index (χ1) is 12.0. The first-order valence-electron chi connectivity index (χ1n) is 8.29. The minimum absolute atomic E-state index is 0.0973. The lowest BCUT2D eigenvalue weighted by Gasteiger charge is -2.33. The number of hydrogen-bond acceptors (Lipinski definition) is 7. The van der Waals surface area contributed by atoms with E-state index >= 15 is 0 Å². The molecule has 0 spiro atoms. The lowest BCUT2D eigenvalue weighted by molar-refractivity contribution is -0.385. The average molecular weight is 385 g/mol. The van der Waals surface area contributed by atoms with Crippen LogP contribution >= 0.6 is 0 Å². The Balaban J connectivity index is 1.93. The fourth-order valence-electron chi connectivity index (χ4n) is 2.67. The molecule has 1 saturated heterocycles. The molecule has 9 nitrogen and oxygen atoms in total. The highest BCUT2D eigenvalue weighted by Gasteiger charge is 2.30. The molecule has 1 aromatic heterocycles. The van der Waals surface area contributed by atoms with E-state index in [0.29, 0.717) is 25.9 Å². The largest absolute Gasteiger partial charge is 0.444 e. The lowest BCUT2D eigenvalue weighted by atomic mass is 9.99. The van der Waals surface area contributed by atoms with Gasteiger partial charge in [-0.25, -0.2) is 18.2 Å². The van der Waals surface area contributed by atoms with Crippen LogP contribution in [0.2, 0.25) is 0 Å². The van der Waals surface area contributed by atoms with E-state index in [-0.39, 0.29) is 22.4 Å². The Morgan fingerprint density at radius 3 is 2.42 bits per heavy atom. The van der Waals surface area contributed by atoms with Gasteiger partial charge in [0.15, 0.2) is 14.9 Å². The Bertz CT molecular complexity index is 762. The molecule has 1 fully saturated rings. The molecule has 0 unspecified atom stereocenters. The van der Waals surface area contributed by atoms with Gasteiger partial charge >= 0.3 is 6.09 Å². The molecule has 0 atom stereocenters. The molecule has 0 bridgehead atoms. The number of sulfone groups is 1. The van der Waals surface area contributed by atoms with Gasteiger partial charge in [-0.1, -0.05) is 0 Å². The molecule has 0 saturated carbocycles. The highest BCUT2D eigenvalue weighted by atomic mass is 32.2. The van der Waals surface area contributed by atoms with Crippen LogP contribution in [0.15, 0.2) is 23.4 Å². The molecule has 1 aromatic rings. The summed E-state index contributed by atoms with van der Waals surface area (Å²) in [6.45, 7) is 6.25. The number of hydrogen-bond donors (Lipinski definition) is 0. The Morgan fingerprint density at radius 2 is 1.96 bits per heavy atom. The summed E-state index contributed by atoms with van der Waals surface area (Å²) in [5.41, 5.74) is -0.826. The van der Waals surface area contributed by atoms with Gasteiger partial charge in [0.2, 0.25) is 0 Å². The van der Waals surface area contributed by atoms with Crippen LogP contribution in [0.25, 0.3) is 0 Å². The van der Waals surface area contributed by atoms with Gasteiger partial charge in [0, 0.05) is 19.2 Å². The van der Waals surface area contributed by atoms with Crippen LogP contribution in [0, 0.1) is 16.0 Å². The minimum Gasteiger partial charge on any atom is -0.444 e. The van der Waals surface area contributed by atoms with Crippen molar-refractivity contribution in [3.63, 3.8) is 0 Å². The third-order valence-electron chi connectivity index (χ3n) is 3.97. The van der Waals surface area contributed by atoms with Crippen molar-refractivity contribution < 1.29 is 22.9 Å². The second-order valence-corrected chi connectivity index (χ2v) is 9.29. The third-order valence-corrected chi connectivity index (χ3v) is 5.76. The Morgan fingerprint density at radius 1 is 1.35 bits per heavy atom. The van der Waals surface area contributed by atoms with E-state index in [1.165, 1.54) is 0 Å². The number of carbonyl (C=O) groups is 1. The van der Waals surface area contributed by atoms with Crippen LogP contribution in [-0.2, 0) is 14.6 Å². The number of pyridine rings is 1. The number of likely N-dealkylation sites (tertiary alicyclic amines) is 1. The maximum Gasteiger partial charge on any atom is 0.410 e. The summed E-state index contributed by atoms with van der Waals surface area (Å²) in [5.74, 6) is -0.198. The van der Waals surface area contributed by atoms with Crippen molar-refractivity contribution >= 4 is 21.6 Å². The molecular weight excluding hydrogens is 362 g/mol. The average Bonchev–Trinajstić information content (AvgIpc) is 2.53. The number of aromatic nitrogens is 1. The van der Waals surface area contributed by atoms with Crippen molar-refractivity contribution in [2.24, 2.45) is 5.92 Å². The van der Waals surface area contributed by atoms with Crippen LogP contribution in [0.3, 0.4) is 0 Å². The minimum atomic E-state index is -3.64. The number of amides is 1. The maximum absolute atomic E-state index is 12.4. The molecule has 26 heavy (non-hydrogen) atoms. The van der Waals surface area contributed by atoms with Gasteiger partial charge < -0.3 is 9.64 Å². The summed E-state index contributed by atoms with van der Waals surface area (Å²) >= 11 is 0. The highest BCUT2D eigenvalue weighted by Crippen LogP contribution is 2.23. The number of nitro groups is 1. The van der Waals surface area contributed by atoms with Gasteiger partial charge in [0.25, 0.3) is 5.69 Å². The van der Waals surface area contributed by atoms with Crippen molar-refractivity contribution in [1.29, 1.82) is 0 Å². The van der Waals surface area contributed by atoms with Gasteiger partial charge in [-0.2, -0.15) is 0 Å². The van der Waals surface area contributed by atoms with Crippen LogP contribution < -0.4 is 0 Å². The summed E-state index contributed by atoms with van der Waals surface area (Å²) < 4.78 is 30.2. The molecule has 0 aromatic carbocycles. The molecule has 2 rings (SSSR count). The Hall–Kier alpha value is -2.23. The molecule has 10 heteroatoms. The summed E-state index contributed by atoms with van der Waals surface area (Å²) in [6.07, 6.45) is 1.64. The van der Waals surface area contributed by atoms with Gasteiger partial charge in [0.05, 0.1) is 10.7 Å². The summed E-state index contributed by atoms with van der Waals surface area (Å²) in [7, 11) is -3.64. The number of nitrogens with zero attached hydrogens (tertiary/aromatic N) is 3. The van der Waals surface area contributed by atoms with Crippen LogP contribution in [0.1, 0.15) is 33.6 Å². The van der Waals surface area contributed by atoms with Gasteiger partial charge in [0.1, 0.15) is 11.8 Å². The SMILES string of the molecule is CC(C)(C)OC(=O)N1CCC(CS(=O)(=O)c2ccc([N+](=O)[O-])cn2)CC1. The summed E-state index contributed by atoms with van der Waals surface area (Å²) in [5, 5.41) is 10.5. The van der Waals surface area contributed by atoms with Crippen molar-refractivity contribution in [2.45, 2.75) is 44.2 Å². The van der Waals surface area contributed by atoms with Crippen molar-refractivity contribution in [2.75, 3.05) is 18.8 Å². The summed E-state index contributed by atoms with van der Waals surface area (Å²) in [4.78, 5) is 27.3. The first kappa shape index (κ1) is 20.1. The normalized spacial score (nSPS) is 16.3. The standard InChI is InChI=1S/C16H23N3O6S/c1-16(2,3)25-15(20)18-8-6-12(7-9-18)11-26(23,24)14-5-4-13(10-17-14)19(21)22/h4-5,10,12H,6-9,11H2,1-3H3. The zero-order valence-electron chi connectivity index (χ0n) is 15.0. The molecule has 144 valence electrons. The maximum atomic E-state index is 12.4. The molecule has 1 amide bonds. The molecule has 0 radical (unpaired) electrons. The molecule has 1 aliphatic rings. The molecule has 0 N–H and O–H groups in total. The van der Waals surface area contributed by atoms with E-state index in [0.717, 1.165) is 18.3 Å². The summed E-state index contributed by atoms with van der Waals surface area (Å²) in [6, 6.07) is 2.29. The first-order valence-corrected chi connectivity index (χ1v) is 9.94. The van der Waals surface area contributed by atoms with E-state index in [2.05, 4.69) is 4.98 Å². The lowest BCUT2D eigenvalue weighted by Crippen LogP contribution is -2.42. The number of carbonyl (C=O) groups excluding carboxylic acids is 1. The molecule has 1 aliphatic heterocycles. The van der Waals surface area contributed by atoms with Gasteiger partial charge in [-0.3, -0.25) is 10.1 Å². The predicted octanol–water partition coefficient (Wildman–Crippen LogP) is 2.41. The van der Waals surface area contributed by atoms with E-state index in [9.17, 15) is 23.3 Å². The van der Waals surface area contributed by atoms with E-state index in [4.69, 9.17) is 4.74 Å². The van der Waals surface area contributed by atoms with E-state index < -0.39 is 26.5 Å². The highest BCUT2D eigenvalue weighted by molar-refractivity contribution is 7.91. The van der Waals surface area contributed by atoms with Crippen molar-refractivity contribution in [3.05, 3.63) is 28.4 Å². The molecule has 2 heterocycles. The van der Waals surface area contributed by atoms with Crippen LogP contribution in [-0.4, -0.2) is 53.8 Å². The van der Waals surface area contributed by atoms with E-state index in [1.54, 1.807) is 25.7 Å². The Kier molecular flexibility index (Phi) is 5.84. The fourth-order valence-corrected chi connectivity index (χ4v) is 4.28. The topological polar surface area (TPSA) is 120 Å². The predicted molar refractivity (Wildman–Crippen MR) is 93.5 cm³/mol. The van der Waals surface area contributed by atoms with Crippen LogP contribution in [0.5, 0.6) is 0 Å². The van der Waals surface area contributed by atoms with Crippen molar-refractivity contribution in [3.8, 4) is 0 Å². The second kappa shape index (κ2) is 7.56. The van der Waals surface area contributed by atoms with Gasteiger partial charge in [-0.05, 0) is 45.6 Å². The molecule has 0 aliphatic carbocycles. The molecular formula is C16H23N3O6S. The Labute approximate surface area is 152 Å². The number of rotatable bonds is 4. The van der Waals surface area contributed by atoms with E-state index in [1.807, 2.05) is 0 Å². The smallest absolute Gasteiger partial charge is 0.410 e. The fraction of sp³-hybridized carbons (Fsp3) is 0.625. The number of piperidine rings is 1. The number of ether oxygens (including phenoxy) is 1. The van der Waals surface area contributed by atoms with Gasteiger partial charge in [-0.15, -0.1) is 0 Å². The zero-order valence-corrected chi connectivity index (χ0v) is 15.9.